The number of para-hydroxylation sites is 3. The third-order valence-corrected chi connectivity index (χ3v) is 11.1. The van der Waals surface area contributed by atoms with Gasteiger partial charge in [0.1, 0.15) is 0 Å². The monoisotopic (exact) mass is 690 g/mol. The molecule has 0 fully saturated rings. The van der Waals surface area contributed by atoms with E-state index >= 15 is 0 Å². The zero-order chi connectivity index (χ0) is 35.6. The molecule has 0 spiro atoms. The summed E-state index contributed by atoms with van der Waals surface area (Å²) in [5.74, 6) is 0.731. The van der Waals surface area contributed by atoms with Crippen LogP contribution in [0, 0.1) is 0 Å². The summed E-state index contributed by atoms with van der Waals surface area (Å²) in [6.45, 7) is 0. The van der Waals surface area contributed by atoms with Gasteiger partial charge in [-0.25, -0.2) is 9.97 Å². The number of benzene rings is 7. The van der Waals surface area contributed by atoms with E-state index in [1.807, 2.05) is 12.1 Å². The Kier molecular flexibility index (Phi) is 6.96. The Balaban J connectivity index is 1.03. The molecule has 3 aromatic heterocycles. The highest BCUT2D eigenvalue weighted by molar-refractivity contribution is 6.28. The first-order valence-electron chi connectivity index (χ1n) is 18.6. The molecule has 10 aromatic rings. The Labute approximate surface area is 312 Å². The van der Waals surface area contributed by atoms with E-state index in [9.17, 15) is 0 Å². The molecule has 1 aliphatic rings. The molecule has 0 radical (unpaired) electrons. The molecule has 0 bridgehead atoms. The summed E-state index contributed by atoms with van der Waals surface area (Å²) in [5.41, 5.74) is 13.7. The second-order valence-corrected chi connectivity index (χ2v) is 14.2. The fourth-order valence-corrected chi connectivity index (χ4v) is 8.61. The van der Waals surface area contributed by atoms with Crippen molar-refractivity contribution in [1.82, 2.24) is 19.1 Å². The molecule has 0 saturated carbocycles. The SMILES string of the molecule is C1=CC(n2c3ccccc3c3c4c5ccccc5n(-c5ccccc5)c4ccc32)Cc2ccc(-c3nc(-c4ccccc4)cc(-c4ccccc4)n3)cc21. The third-order valence-electron chi connectivity index (χ3n) is 11.1. The van der Waals surface area contributed by atoms with E-state index in [1.54, 1.807) is 0 Å². The van der Waals surface area contributed by atoms with Crippen molar-refractivity contribution in [2.24, 2.45) is 0 Å². The lowest BCUT2D eigenvalue weighted by atomic mass is 9.92. The van der Waals surface area contributed by atoms with Crippen molar-refractivity contribution in [3.63, 3.8) is 0 Å². The first-order chi connectivity index (χ1) is 26.8. The average Bonchev–Trinajstić information content (AvgIpc) is 3.77. The van der Waals surface area contributed by atoms with Crippen LogP contribution in [-0.4, -0.2) is 19.1 Å². The molecule has 0 amide bonds. The molecule has 11 rings (SSSR count). The summed E-state index contributed by atoms with van der Waals surface area (Å²) in [6, 6.07) is 62.8. The lowest BCUT2D eigenvalue weighted by molar-refractivity contribution is 0.636. The van der Waals surface area contributed by atoms with Crippen LogP contribution >= 0.6 is 0 Å². The Morgan fingerprint density at radius 2 is 1.04 bits per heavy atom. The zero-order valence-electron chi connectivity index (χ0n) is 29.5. The second kappa shape index (κ2) is 12.3. The molecular weight excluding hydrogens is 657 g/mol. The highest BCUT2D eigenvalue weighted by Crippen LogP contribution is 2.43. The molecule has 1 aliphatic carbocycles. The number of rotatable bonds is 5. The predicted octanol–water partition coefficient (Wildman–Crippen LogP) is 12.5. The van der Waals surface area contributed by atoms with Gasteiger partial charge in [0.15, 0.2) is 5.82 Å². The summed E-state index contributed by atoms with van der Waals surface area (Å²) < 4.78 is 4.97. The maximum absolute atomic E-state index is 5.10. The maximum atomic E-state index is 5.10. The average molecular weight is 691 g/mol. The van der Waals surface area contributed by atoms with E-state index < -0.39 is 0 Å². The predicted molar refractivity (Wildman–Crippen MR) is 224 cm³/mol. The fourth-order valence-electron chi connectivity index (χ4n) is 8.61. The number of hydrogen-bond donors (Lipinski definition) is 0. The van der Waals surface area contributed by atoms with Crippen molar-refractivity contribution in [3.8, 4) is 39.6 Å². The van der Waals surface area contributed by atoms with Crippen LogP contribution in [0.5, 0.6) is 0 Å². The molecule has 7 aromatic carbocycles. The third kappa shape index (κ3) is 4.84. The van der Waals surface area contributed by atoms with E-state index in [-0.39, 0.29) is 6.04 Å². The molecule has 54 heavy (non-hydrogen) atoms. The zero-order valence-corrected chi connectivity index (χ0v) is 29.5. The van der Waals surface area contributed by atoms with Crippen LogP contribution in [0.2, 0.25) is 0 Å². The van der Waals surface area contributed by atoms with Crippen molar-refractivity contribution >= 4 is 49.7 Å². The second-order valence-electron chi connectivity index (χ2n) is 14.2. The molecule has 3 heterocycles. The van der Waals surface area contributed by atoms with Gasteiger partial charge in [0, 0.05) is 49.4 Å². The van der Waals surface area contributed by atoms with Crippen LogP contribution in [0.25, 0.3) is 89.3 Å². The molecular formula is C50H34N4. The van der Waals surface area contributed by atoms with Gasteiger partial charge in [-0.2, -0.15) is 0 Å². The molecule has 4 heteroatoms. The summed E-state index contributed by atoms with van der Waals surface area (Å²) in [4.78, 5) is 10.2. The molecule has 1 unspecified atom stereocenters. The number of fused-ring (bicyclic) bond motifs is 8. The van der Waals surface area contributed by atoms with Crippen LogP contribution in [0.1, 0.15) is 17.2 Å². The van der Waals surface area contributed by atoms with Crippen LogP contribution in [0.3, 0.4) is 0 Å². The summed E-state index contributed by atoms with van der Waals surface area (Å²) in [6.07, 6.45) is 5.57. The van der Waals surface area contributed by atoms with Gasteiger partial charge in [-0.05, 0) is 66.1 Å². The quantitative estimate of drug-likeness (QED) is 0.180. The van der Waals surface area contributed by atoms with Crippen molar-refractivity contribution < 1.29 is 0 Å². The van der Waals surface area contributed by atoms with Crippen molar-refractivity contribution in [1.29, 1.82) is 0 Å². The first-order valence-corrected chi connectivity index (χ1v) is 18.6. The minimum atomic E-state index is 0.160. The van der Waals surface area contributed by atoms with Crippen LogP contribution in [0.4, 0.5) is 0 Å². The lowest BCUT2D eigenvalue weighted by Gasteiger charge is -2.23. The van der Waals surface area contributed by atoms with E-state index in [0.29, 0.717) is 0 Å². The van der Waals surface area contributed by atoms with E-state index in [2.05, 4.69) is 185 Å². The topological polar surface area (TPSA) is 35.6 Å². The highest BCUT2D eigenvalue weighted by Gasteiger charge is 2.24. The van der Waals surface area contributed by atoms with Gasteiger partial charge in [0.05, 0.1) is 34.0 Å². The van der Waals surface area contributed by atoms with Crippen LogP contribution in [0.15, 0.2) is 182 Å². The highest BCUT2D eigenvalue weighted by atomic mass is 15.0. The number of nitrogens with zero attached hydrogens (tertiary/aromatic N) is 4. The fraction of sp³-hybridized carbons (Fsp3) is 0.0400. The summed E-state index contributed by atoms with van der Waals surface area (Å²) in [5, 5.41) is 5.18. The Bertz CT molecular complexity index is 3010. The minimum absolute atomic E-state index is 0.160. The maximum Gasteiger partial charge on any atom is 0.160 e. The molecule has 0 saturated heterocycles. The van der Waals surface area contributed by atoms with Crippen molar-refractivity contribution in [2.75, 3.05) is 0 Å². The Hall–Kier alpha value is -7.04. The minimum Gasteiger partial charge on any atom is -0.333 e. The molecule has 1 atom stereocenters. The number of aromatic nitrogens is 4. The molecule has 254 valence electrons. The smallest absolute Gasteiger partial charge is 0.160 e. The van der Waals surface area contributed by atoms with E-state index in [4.69, 9.17) is 9.97 Å². The van der Waals surface area contributed by atoms with E-state index in [0.717, 1.165) is 40.3 Å². The molecule has 0 N–H and O–H groups in total. The van der Waals surface area contributed by atoms with Gasteiger partial charge in [-0.3, -0.25) is 0 Å². The van der Waals surface area contributed by atoms with Gasteiger partial charge >= 0.3 is 0 Å². The summed E-state index contributed by atoms with van der Waals surface area (Å²) >= 11 is 0. The number of hydrogen-bond acceptors (Lipinski definition) is 2. The van der Waals surface area contributed by atoms with Crippen molar-refractivity contribution in [3.05, 3.63) is 193 Å². The van der Waals surface area contributed by atoms with Crippen LogP contribution in [-0.2, 0) is 6.42 Å². The first kappa shape index (κ1) is 30.6. The van der Waals surface area contributed by atoms with Gasteiger partial charge in [0.2, 0.25) is 0 Å². The van der Waals surface area contributed by atoms with Gasteiger partial charge in [-0.15, -0.1) is 0 Å². The van der Waals surface area contributed by atoms with Gasteiger partial charge in [0.25, 0.3) is 0 Å². The largest absolute Gasteiger partial charge is 0.333 e. The van der Waals surface area contributed by atoms with Gasteiger partial charge < -0.3 is 9.13 Å². The standard InChI is InChI=1S/C50H34N4/c1-4-14-33(15-5-1)42-32-43(34-16-6-2-7-17-34)52-50(51-42)37-25-24-36-31-39(27-26-35(36)30-37)54-45-23-13-11-21-41(45)49-47(54)29-28-46-48(49)40-20-10-12-22-44(40)53(46)38-18-8-3-9-19-38/h1-30,32,39H,31H2. The Morgan fingerprint density at radius 3 is 1.74 bits per heavy atom. The molecule has 0 aliphatic heterocycles. The normalized spacial score (nSPS) is 14.0. The van der Waals surface area contributed by atoms with Crippen molar-refractivity contribution in [2.45, 2.75) is 12.5 Å². The van der Waals surface area contributed by atoms with Gasteiger partial charge in [-0.1, -0.05) is 140 Å². The Morgan fingerprint density at radius 1 is 0.463 bits per heavy atom. The number of allylic oxidation sites excluding steroid dienone is 1. The lowest BCUT2D eigenvalue weighted by Crippen LogP contribution is -2.13. The summed E-state index contributed by atoms with van der Waals surface area (Å²) in [7, 11) is 0. The van der Waals surface area contributed by atoms with Crippen LogP contribution < -0.4 is 0 Å². The molecule has 4 nitrogen and oxygen atoms in total. The van der Waals surface area contributed by atoms with E-state index in [1.165, 1.54) is 60.4 Å².